The van der Waals surface area contributed by atoms with E-state index in [0.29, 0.717) is 12.8 Å². The van der Waals surface area contributed by atoms with Gasteiger partial charge in [-0.1, -0.05) is 43.0 Å². The molecule has 0 aliphatic heterocycles. The Morgan fingerprint density at radius 1 is 1.44 bits per heavy atom. The van der Waals surface area contributed by atoms with Crippen molar-refractivity contribution in [3.8, 4) is 0 Å². The zero-order valence-electron chi connectivity index (χ0n) is 9.51. The Bertz CT molecular complexity index is 240. The van der Waals surface area contributed by atoms with Crippen LogP contribution in [0.3, 0.4) is 0 Å². The quantitative estimate of drug-likeness (QED) is 0.654. The van der Waals surface area contributed by atoms with Crippen molar-refractivity contribution < 1.29 is 13.9 Å². The Kier molecular flexibility index (Phi) is 8.67. The van der Waals surface area contributed by atoms with Gasteiger partial charge in [0, 0.05) is 0 Å². The lowest BCUT2D eigenvalue weighted by Crippen LogP contribution is -2.25. The molecule has 0 amide bonds. The fraction of sp³-hybridized carbons (Fsp3) is 0.727. The first kappa shape index (κ1) is 15.7. The Labute approximate surface area is 106 Å². The molecule has 0 aromatic rings. The van der Waals surface area contributed by atoms with Crippen LogP contribution in [-0.2, 0) is 9.53 Å². The van der Waals surface area contributed by atoms with E-state index in [4.69, 9.17) is 27.9 Å². The summed E-state index contributed by atoms with van der Waals surface area (Å²) in [4.78, 5) is 11.5. The molecule has 0 fully saturated rings. The highest BCUT2D eigenvalue weighted by molar-refractivity contribution is 6.55. The van der Waals surface area contributed by atoms with Crippen LogP contribution in [0, 0.1) is 5.92 Å². The molecule has 2 atom stereocenters. The summed E-state index contributed by atoms with van der Waals surface area (Å²) in [5.74, 6) is -1.62. The molecule has 0 saturated carbocycles. The average Bonchev–Trinajstić information content (AvgIpc) is 2.22. The van der Waals surface area contributed by atoms with Gasteiger partial charge >= 0.3 is 5.97 Å². The zero-order chi connectivity index (χ0) is 12.6. The van der Waals surface area contributed by atoms with Crippen LogP contribution in [0.2, 0.25) is 0 Å². The molecule has 0 aliphatic carbocycles. The summed E-state index contributed by atoms with van der Waals surface area (Å²) in [6.45, 7) is 3.83. The lowest BCUT2D eigenvalue weighted by atomic mass is 9.99. The minimum atomic E-state index is -1.30. The summed E-state index contributed by atoms with van der Waals surface area (Å²) < 4.78 is 18.4. The average molecular weight is 271 g/mol. The van der Waals surface area contributed by atoms with Crippen molar-refractivity contribution in [3.63, 3.8) is 0 Å². The van der Waals surface area contributed by atoms with Crippen LogP contribution in [0.25, 0.3) is 0 Å². The highest BCUT2D eigenvalue weighted by atomic mass is 35.5. The third-order valence-corrected chi connectivity index (χ3v) is 2.34. The van der Waals surface area contributed by atoms with Gasteiger partial charge in [0.25, 0.3) is 0 Å². The van der Waals surface area contributed by atoms with Crippen LogP contribution in [0.15, 0.2) is 10.6 Å². The summed E-state index contributed by atoms with van der Waals surface area (Å²) >= 11 is 10.9. The normalized spacial score (nSPS) is 14.1. The van der Waals surface area contributed by atoms with Crippen molar-refractivity contribution in [3.05, 3.63) is 10.6 Å². The smallest absolute Gasteiger partial charge is 0.315 e. The van der Waals surface area contributed by atoms with Crippen molar-refractivity contribution in [2.75, 3.05) is 6.61 Å². The number of ether oxygens (including phenoxy) is 1. The first-order valence-electron chi connectivity index (χ1n) is 5.36. The SMILES string of the molecule is CCCC[C@H](F)[C@H](C=C(Cl)Cl)C(=O)OCC. The van der Waals surface area contributed by atoms with Crippen LogP contribution >= 0.6 is 23.2 Å². The number of rotatable bonds is 7. The maximum absolute atomic E-state index is 13.7. The van der Waals surface area contributed by atoms with Gasteiger partial charge in [0.15, 0.2) is 0 Å². The van der Waals surface area contributed by atoms with Gasteiger partial charge in [-0.3, -0.25) is 4.79 Å². The van der Waals surface area contributed by atoms with Gasteiger partial charge in [0.2, 0.25) is 0 Å². The predicted octanol–water partition coefficient (Wildman–Crippen LogP) is 4.01. The molecule has 0 radical (unpaired) electrons. The van der Waals surface area contributed by atoms with Crippen LogP contribution in [0.4, 0.5) is 4.39 Å². The highest BCUT2D eigenvalue weighted by Gasteiger charge is 2.27. The van der Waals surface area contributed by atoms with Crippen molar-refractivity contribution in [1.82, 2.24) is 0 Å². The molecule has 0 heterocycles. The van der Waals surface area contributed by atoms with E-state index in [2.05, 4.69) is 0 Å². The molecule has 0 saturated heterocycles. The second-order valence-corrected chi connectivity index (χ2v) is 4.40. The van der Waals surface area contributed by atoms with Gasteiger partial charge in [-0.15, -0.1) is 0 Å². The summed E-state index contributed by atoms with van der Waals surface area (Å²) in [6, 6.07) is 0. The third kappa shape index (κ3) is 6.33. The minimum absolute atomic E-state index is 0.114. The predicted molar refractivity (Wildman–Crippen MR) is 64.3 cm³/mol. The molecule has 0 N–H and O–H groups in total. The van der Waals surface area contributed by atoms with E-state index in [9.17, 15) is 9.18 Å². The molecule has 0 aliphatic rings. The van der Waals surface area contributed by atoms with Gasteiger partial charge < -0.3 is 4.74 Å². The molecule has 0 spiro atoms. The van der Waals surface area contributed by atoms with Crippen LogP contribution in [0.1, 0.15) is 33.1 Å². The maximum atomic E-state index is 13.7. The van der Waals surface area contributed by atoms with Gasteiger partial charge in [0.1, 0.15) is 16.6 Å². The van der Waals surface area contributed by atoms with E-state index >= 15 is 0 Å². The number of carbonyl (C=O) groups is 1. The first-order valence-corrected chi connectivity index (χ1v) is 6.12. The number of unbranched alkanes of at least 4 members (excludes halogenated alkanes) is 1. The molecule has 94 valence electrons. The van der Waals surface area contributed by atoms with Crippen LogP contribution in [0.5, 0.6) is 0 Å². The lowest BCUT2D eigenvalue weighted by molar-refractivity contribution is -0.148. The monoisotopic (exact) mass is 270 g/mol. The molecule has 0 aromatic carbocycles. The number of esters is 1. The maximum Gasteiger partial charge on any atom is 0.315 e. The minimum Gasteiger partial charge on any atom is -0.465 e. The Morgan fingerprint density at radius 3 is 2.50 bits per heavy atom. The topological polar surface area (TPSA) is 26.3 Å². The van der Waals surface area contributed by atoms with E-state index in [-0.39, 0.29) is 11.1 Å². The molecule has 0 bridgehead atoms. The molecular weight excluding hydrogens is 254 g/mol. The van der Waals surface area contributed by atoms with E-state index in [1.807, 2.05) is 6.92 Å². The van der Waals surface area contributed by atoms with Gasteiger partial charge in [-0.2, -0.15) is 0 Å². The largest absolute Gasteiger partial charge is 0.465 e. The highest BCUT2D eigenvalue weighted by Crippen LogP contribution is 2.22. The van der Waals surface area contributed by atoms with E-state index < -0.39 is 18.1 Å². The van der Waals surface area contributed by atoms with Gasteiger partial charge in [-0.05, 0) is 19.4 Å². The molecule has 0 rings (SSSR count). The van der Waals surface area contributed by atoms with Crippen LogP contribution in [-0.4, -0.2) is 18.7 Å². The van der Waals surface area contributed by atoms with E-state index in [1.54, 1.807) is 6.92 Å². The lowest BCUT2D eigenvalue weighted by Gasteiger charge is -2.16. The molecule has 16 heavy (non-hydrogen) atoms. The molecule has 5 heteroatoms. The summed E-state index contributed by atoms with van der Waals surface area (Å²) in [5, 5.41) is 0. The molecule has 0 unspecified atom stereocenters. The first-order chi connectivity index (χ1) is 7.52. The number of halogens is 3. The number of alkyl halides is 1. The third-order valence-electron chi connectivity index (χ3n) is 2.09. The number of carbonyl (C=O) groups excluding carboxylic acids is 1. The molecule has 0 aromatic heterocycles. The summed E-state index contributed by atoms with van der Waals surface area (Å²) in [6.07, 6.45) is 1.78. The zero-order valence-corrected chi connectivity index (χ0v) is 11.0. The Balaban J connectivity index is 4.53. The molecular formula is C11H17Cl2FO2. The van der Waals surface area contributed by atoms with Gasteiger partial charge in [-0.25, -0.2) is 4.39 Å². The van der Waals surface area contributed by atoms with E-state index in [1.165, 1.54) is 6.08 Å². The van der Waals surface area contributed by atoms with Crippen molar-refractivity contribution in [2.24, 2.45) is 5.92 Å². The fourth-order valence-electron chi connectivity index (χ4n) is 1.27. The van der Waals surface area contributed by atoms with Gasteiger partial charge in [0.05, 0.1) is 6.61 Å². The second kappa shape index (κ2) is 8.82. The standard InChI is InChI=1S/C11H17Cl2FO2/c1-3-5-6-9(14)8(7-10(12)13)11(15)16-4-2/h7-9H,3-6H2,1-2H3/t8-,9-/m0/s1. The Hall–Kier alpha value is -0.280. The van der Waals surface area contributed by atoms with Crippen LogP contribution < -0.4 is 0 Å². The number of hydrogen-bond donors (Lipinski definition) is 0. The summed E-state index contributed by atoms with van der Waals surface area (Å²) in [5.41, 5.74) is 0. The van der Waals surface area contributed by atoms with Crippen molar-refractivity contribution in [2.45, 2.75) is 39.3 Å². The van der Waals surface area contributed by atoms with E-state index in [0.717, 1.165) is 6.42 Å². The number of hydrogen-bond acceptors (Lipinski definition) is 2. The van der Waals surface area contributed by atoms with Crippen molar-refractivity contribution >= 4 is 29.2 Å². The fourth-order valence-corrected chi connectivity index (χ4v) is 1.54. The summed E-state index contributed by atoms with van der Waals surface area (Å²) in [7, 11) is 0. The molecule has 2 nitrogen and oxygen atoms in total. The Morgan fingerprint density at radius 2 is 2.06 bits per heavy atom. The second-order valence-electron chi connectivity index (χ2n) is 3.39. The van der Waals surface area contributed by atoms with Crippen molar-refractivity contribution in [1.29, 1.82) is 0 Å².